The van der Waals surface area contributed by atoms with Crippen LogP contribution in [-0.4, -0.2) is 23.4 Å². The number of hydrogen-bond acceptors (Lipinski definition) is 3. The first-order chi connectivity index (χ1) is 8.06. The molecule has 1 aliphatic rings. The Morgan fingerprint density at radius 2 is 1.82 bits per heavy atom. The van der Waals surface area contributed by atoms with Crippen molar-refractivity contribution in [2.24, 2.45) is 5.41 Å². The van der Waals surface area contributed by atoms with Crippen molar-refractivity contribution in [1.29, 1.82) is 0 Å². The fourth-order valence-electron chi connectivity index (χ4n) is 1.76. The molecule has 0 bridgehead atoms. The molecule has 2 rings (SSSR count). The first-order valence-electron chi connectivity index (χ1n) is 5.55. The van der Waals surface area contributed by atoms with Gasteiger partial charge in [0.1, 0.15) is 0 Å². The van der Waals surface area contributed by atoms with E-state index in [0.717, 1.165) is 25.0 Å². The Morgan fingerprint density at radius 3 is 2.29 bits per heavy atom. The van der Waals surface area contributed by atoms with Crippen LogP contribution in [0.2, 0.25) is 0 Å². The first-order valence-corrected chi connectivity index (χ1v) is 5.55. The van der Waals surface area contributed by atoms with Crippen LogP contribution in [0.4, 0.5) is 8.78 Å². The number of aliphatic hydroxyl groups is 1. The lowest BCUT2D eigenvalue weighted by atomic mass is 10.1. The SMILES string of the molecule is OCC1(CNCc2cc(F)c(O)c(F)c2)CC1. The van der Waals surface area contributed by atoms with Crippen LogP contribution in [0.5, 0.6) is 5.75 Å². The third-order valence-corrected chi connectivity index (χ3v) is 3.20. The fourth-order valence-corrected chi connectivity index (χ4v) is 1.76. The smallest absolute Gasteiger partial charge is 0.187 e. The highest BCUT2D eigenvalue weighted by molar-refractivity contribution is 5.29. The maximum Gasteiger partial charge on any atom is 0.187 e. The van der Waals surface area contributed by atoms with E-state index >= 15 is 0 Å². The molecule has 1 aliphatic carbocycles. The molecule has 1 saturated carbocycles. The standard InChI is InChI=1S/C12H15F2NO2/c13-9-3-8(4-10(14)11(9)17)5-15-6-12(7-16)1-2-12/h3-4,15-17H,1-2,5-7H2. The highest BCUT2D eigenvalue weighted by atomic mass is 19.1. The Kier molecular flexibility index (Phi) is 3.31. The van der Waals surface area contributed by atoms with Gasteiger partial charge in [0.2, 0.25) is 0 Å². The molecule has 3 N–H and O–H groups in total. The van der Waals surface area contributed by atoms with Crippen LogP contribution in [0.15, 0.2) is 12.1 Å². The van der Waals surface area contributed by atoms with Gasteiger partial charge in [0, 0.05) is 25.1 Å². The minimum atomic E-state index is -0.954. The van der Waals surface area contributed by atoms with Crippen molar-refractivity contribution in [1.82, 2.24) is 5.32 Å². The molecule has 0 aromatic heterocycles. The zero-order valence-electron chi connectivity index (χ0n) is 9.34. The third kappa shape index (κ3) is 2.73. The Labute approximate surface area is 98.1 Å². The molecule has 0 unspecified atom stereocenters. The molecule has 0 aliphatic heterocycles. The average molecular weight is 243 g/mol. The molecule has 17 heavy (non-hydrogen) atoms. The summed E-state index contributed by atoms with van der Waals surface area (Å²) in [6.07, 6.45) is 1.96. The van der Waals surface area contributed by atoms with Gasteiger partial charge in [0.15, 0.2) is 17.4 Å². The predicted molar refractivity (Wildman–Crippen MR) is 58.5 cm³/mol. The normalized spacial score (nSPS) is 17.1. The predicted octanol–water partition coefficient (Wildman–Crippen LogP) is 1.53. The molecule has 0 radical (unpaired) electrons. The molecule has 0 spiro atoms. The molecular formula is C12H15F2NO2. The maximum absolute atomic E-state index is 13.0. The van der Waals surface area contributed by atoms with Gasteiger partial charge >= 0.3 is 0 Å². The van der Waals surface area contributed by atoms with Crippen molar-refractivity contribution >= 4 is 0 Å². The van der Waals surface area contributed by atoms with Crippen LogP contribution < -0.4 is 5.32 Å². The van der Waals surface area contributed by atoms with Crippen LogP contribution in [-0.2, 0) is 6.54 Å². The summed E-state index contributed by atoms with van der Waals surface area (Å²) in [5, 5.41) is 21.1. The minimum Gasteiger partial charge on any atom is -0.503 e. The van der Waals surface area contributed by atoms with Crippen molar-refractivity contribution in [3.05, 3.63) is 29.3 Å². The second kappa shape index (κ2) is 4.58. The number of benzene rings is 1. The van der Waals surface area contributed by atoms with Crippen LogP contribution in [0.25, 0.3) is 0 Å². The molecule has 1 aromatic carbocycles. The van der Waals surface area contributed by atoms with Crippen LogP contribution in [0, 0.1) is 17.0 Å². The summed E-state index contributed by atoms with van der Waals surface area (Å²) in [5.74, 6) is -2.85. The van der Waals surface area contributed by atoms with Gasteiger partial charge in [-0.3, -0.25) is 0 Å². The summed E-state index contributed by atoms with van der Waals surface area (Å²) in [4.78, 5) is 0. The van der Waals surface area contributed by atoms with E-state index in [1.807, 2.05) is 0 Å². The van der Waals surface area contributed by atoms with Gasteiger partial charge in [-0.25, -0.2) is 8.78 Å². The highest BCUT2D eigenvalue weighted by Crippen LogP contribution is 2.44. The lowest BCUT2D eigenvalue weighted by molar-refractivity contribution is 0.207. The molecule has 5 heteroatoms. The van der Waals surface area contributed by atoms with Gasteiger partial charge in [-0.1, -0.05) is 0 Å². The van der Waals surface area contributed by atoms with E-state index in [1.54, 1.807) is 0 Å². The number of phenols is 1. The zero-order valence-corrected chi connectivity index (χ0v) is 9.34. The summed E-state index contributed by atoms with van der Waals surface area (Å²) in [5.41, 5.74) is 0.403. The van der Waals surface area contributed by atoms with Crippen LogP contribution in [0.1, 0.15) is 18.4 Å². The lowest BCUT2D eigenvalue weighted by Gasteiger charge is -2.12. The Morgan fingerprint density at radius 1 is 1.24 bits per heavy atom. The largest absolute Gasteiger partial charge is 0.503 e. The Bertz CT molecular complexity index is 396. The summed E-state index contributed by atoms with van der Waals surface area (Å²) >= 11 is 0. The van der Waals surface area contributed by atoms with Gasteiger partial charge in [-0.15, -0.1) is 0 Å². The highest BCUT2D eigenvalue weighted by Gasteiger charge is 2.41. The van der Waals surface area contributed by atoms with E-state index in [0.29, 0.717) is 18.7 Å². The molecule has 94 valence electrons. The molecule has 1 aromatic rings. The van der Waals surface area contributed by atoms with Crippen molar-refractivity contribution < 1.29 is 19.0 Å². The fraction of sp³-hybridized carbons (Fsp3) is 0.500. The summed E-state index contributed by atoms with van der Waals surface area (Å²) in [6.45, 7) is 1.09. The van der Waals surface area contributed by atoms with Gasteiger partial charge in [0.05, 0.1) is 0 Å². The topological polar surface area (TPSA) is 52.5 Å². The average Bonchev–Trinajstić information content (AvgIpc) is 3.06. The van der Waals surface area contributed by atoms with E-state index in [2.05, 4.69) is 5.32 Å². The van der Waals surface area contributed by atoms with Crippen molar-refractivity contribution in [2.75, 3.05) is 13.2 Å². The first kappa shape index (κ1) is 12.3. The molecule has 0 saturated heterocycles. The number of hydrogen-bond donors (Lipinski definition) is 3. The molecular weight excluding hydrogens is 228 g/mol. The summed E-state index contributed by atoms with van der Waals surface area (Å²) < 4.78 is 26.0. The van der Waals surface area contributed by atoms with Gasteiger partial charge in [-0.2, -0.15) is 0 Å². The number of nitrogens with one attached hydrogen (secondary N) is 1. The van der Waals surface area contributed by atoms with Gasteiger partial charge in [-0.05, 0) is 30.5 Å². The molecule has 3 nitrogen and oxygen atoms in total. The quantitative estimate of drug-likeness (QED) is 0.735. The zero-order chi connectivity index (χ0) is 12.5. The number of phenolic OH excluding ortho intramolecular Hbond substituents is 1. The summed E-state index contributed by atoms with van der Waals surface area (Å²) in [7, 11) is 0. The number of aliphatic hydroxyl groups excluding tert-OH is 1. The van der Waals surface area contributed by atoms with Crippen molar-refractivity contribution in [3.8, 4) is 5.75 Å². The van der Waals surface area contributed by atoms with Crippen molar-refractivity contribution in [3.63, 3.8) is 0 Å². The number of rotatable bonds is 5. The van der Waals surface area contributed by atoms with E-state index < -0.39 is 17.4 Å². The second-order valence-corrected chi connectivity index (χ2v) is 4.67. The molecule has 0 heterocycles. The molecule has 0 atom stereocenters. The second-order valence-electron chi connectivity index (χ2n) is 4.67. The van der Waals surface area contributed by atoms with E-state index in [9.17, 15) is 8.78 Å². The Balaban J connectivity index is 1.91. The number of halogens is 2. The van der Waals surface area contributed by atoms with Gasteiger partial charge in [0.25, 0.3) is 0 Å². The third-order valence-electron chi connectivity index (χ3n) is 3.20. The minimum absolute atomic E-state index is 0.0337. The monoisotopic (exact) mass is 243 g/mol. The lowest BCUT2D eigenvalue weighted by Crippen LogP contribution is -2.26. The number of aromatic hydroxyl groups is 1. The van der Waals surface area contributed by atoms with E-state index in [1.165, 1.54) is 0 Å². The van der Waals surface area contributed by atoms with Crippen LogP contribution in [0.3, 0.4) is 0 Å². The van der Waals surface area contributed by atoms with Gasteiger partial charge < -0.3 is 15.5 Å². The van der Waals surface area contributed by atoms with E-state index in [4.69, 9.17) is 10.2 Å². The summed E-state index contributed by atoms with van der Waals surface area (Å²) in [6, 6.07) is 2.20. The maximum atomic E-state index is 13.0. The Hall–Kier alpha value is -1.20. The van der Waals surface area contributed by atoms with Crippen LogP contribution >= 0.6 is 0 Å². The van der Waals surface area contributed by atoms with E-state index in [-0.39, 0.29) is 12.0 Å². The van der Waals surface area contributed by atoms with Crippen molar-refractivity contribution in [2.45, 2.75) is 19.4 Å². The molecule has 1 fully saturated rings. The molecule has 0 amide bonds.